The van der Waals surface area contributed by atoms with Gasteiger partial charge in [0.15, 0.2) is 0 Å². The minimum Gasteiger partial charge on any atom is -0.325 e. The lowest BCUT2D eigenvalue weighted by molar-refractivity contribution is -0.117. The Morgan fingerprint density at radius 1 is 1.13 bits per heavy atom. The zero-order valence-corrected chi connectivity index (χ0v) is 18.5. The lowest BCUT2D eigenvalue weighted by Crippen LogP contribution is -2.48. The van der Waals surface area contributed by atoms with Crippen molar-refractivity contribution in [3.05, 3.63) is 70.2 Å². The van der Waals surface area contributed by atoms with E-state index in [1.165, 1.54) is 0 Å². The third kappa shape index (κ3) is 5.69. The Hall–Kier alpha value is -2.76. The fraction of sp³-hybridized carbons (Fsp3) is 0.261. The first-order chi connectivity index (χ1) is 15.1. The Morgan fingerprint density at radius 3 is 2.58 bits per heavy atom. The number of aromatic nitrogens is 1. The lowest BCUT2D eigenvalue weighted by Gasteiger charge is -2.33. The van der Waals surface area contributed by atoms with E-state index in [2.05, 4.69) is 32.6 Å². The van der Waals surface area contributed by atoms with Crippen LogP contribution in [-0.4, -0.2) is 53.4 Å². The Bertz CT molecular complexity index is 1090. The molecule has 0 aliphatic carbocycles. The zero-order valence-electron chi connectivity index (χ0n) is 16.9. The normalized spacial score (nSPS) is 14.8. The molecular weight excluding hydrogens is 430 g/mol. The summed E-state index contributed by atoms with van der Waals surface area (Å²) in [7, 11) is 0. The third-order valence-electron chi connectivity index (χ3n) is 5.16. The van der Waals surface area contributed by atoms with Crippen molar-refractivity contribution in [1.29, 1.82) is 5.26 Å². The van der Waals surface area contributed by atoms with Gasteiger partial charge in [-0.25, -0.2) is 4.98 Å². The Balaban J connectivity index is 1.24. The molecule has 31 heavy (non-hydrogen) atoms. The number of thiazole rings is 1. The third-order valence-corrected chi connectivity index (χ3v) is 6.42. The van der Waals surface area contributed by atoms with Gasteiger partial charge in [0.25, 0.3) is 0 Å². The molecule has 2 aromatic carbocycles. The number of nitrogens with one attached hydrogen (secondary N) is 1. The maximum Gasteiger partial charge on any atom is 0.238 e. The van der Waals surface area contributed by atoms with Crippen molar-refractivity contribution in [3.63, 3.8) is 0 Å². The molecule has 0 atom stereocenters. The van der Waals surface area contributed by atoms with Gasteiger partial charge in [0, 0.05) is 49.4 Å². The largest absolute Gasteiger partial charge is 0.325 e. The van der Waals surface area contributed by atoms with Crippen LogP contribution in [-0.2, 0) is 11.3 Å². The number of hydrogen-bond acceptors (Lipinski definition) is 6. The maximum atomic E-state index is 12.4. The molecule has 0 radical (unpaired) electrons. The monoisotopic (exact) mass is 451 g/mol. The average Bonchev–Trinajstić information content (AvgIpc) is 3.24. The molecule has 1 N–H and O–H groups in total. The van der Waals surface area contributed by atoms with Crippen molar-refractivity contribution in [3.8, 4) is 16.6 Å². The summed E-state index contributed by atoms with van der Waals surface area (Å²) < 4.78 is 0. The summed E-state index contributed by atoms with van der Waals surface area (Å²) in [5.41, 5.74) is 3.24. The van der Waals surface area contributed by atoms with E-state index in [1.54, 1.807) is 29.5 Å². The zero-order chi connectivity index (χ0) is 21.6. The molecule has 8 heteroatoms. The number of nitrogens with zero attached hydrogens (tertiary/aromatic N) is 4. The van der Waals surface area contributed by atoms with Crippen LogP contribution < -0.4 is 5.32 Å². The van der Waals surface area contributed by atoms with Crippen LogP contribution in [0.5, 0.6) is 0 Å². The van der Waals surface area contributed by atoms with E-state index in [4.69, 9.17) is 21.8 Å². The van der Waals surface area contributed by atoms with Crippen LogP contribution in [0.25, 0.3) is 10.6 Å². The van der Waals surface area contributed by atoms with Gasteiger partial charge in [-0.2, -0.15) is 5.26 Å². The summed E-state index contributed by atoms with van der Waals surface area (Å²) >= 11 is 7.71. The second kappa shape index (κ2) is 10.0. The van der Waals surface area contributed by atoms with Crippen LogP contribution in [0.4, 0.5) is 5.69 Å². The Kier molecular flexibility index (Phi) is 6.95. The van der Waals surface area contributed by atoms with Crippen molar-refractivity contribution >= 4 is 34.5 Å². The number of rotatable bonds is 6. The first kappa shape index (κ1) is 21.5. The van der Waals surface area contributed by atoms with E-state index < -0.39 is 0 Å². The van der Waals surface area contributed by atoms with Gasteiger partial charge in [-0.1, -0.05) is 41.9 Å². The molecule has 1 aliphatic rings. The second-order valence-corrected chi connectivity index (χ2v) is 8.68. The van der Waals surface area contributed by atoms with E-state index in [0.717, 1.165) is 49.0 Å². The summed E-state index contributed by atoms with van der Waals surface area (Å²) in [5.74, 6) is -0.0822. The molecule has 0 bridgehead atoms. The molecule has 0 saturated carbocycles. The van der Waals surface area contributed by atoms with Crippen molar-refractivity contribution in [2.45, 2.75) is 6.54 Å². The smallest absolute Gasteiger partial charge is 0.238 e. The molecule has 3 aromatic rings. The van der Waals surface area contributed by atoms with Gasteiger partial charge >= 0.3 is 0 Å². The molecule has 1 amide bonds. The van der Waals surface area contributed by atoms with Crippen LogP contribution in [0.3, 0.4) is 0 Å². The van der Waals surface area contributed by atoms with Crippen LogP contribution >= 0.6 is 22.9 Å². The predicted molar refractivity (Wildman–Crippen MR) is 124 cm³/mol. The Morgan fingerprint density at radius 2 is 1.87 bits per heavy atom. The summed E-state index contributed by atoms with van der Waals surface area (Å²) in [6, 6.07) is 17.2. The average molecular weight is 452 g/mol. The number of nitriles is 1. The highest BCUT2D eigenvalue weighted by Gasteiger charge is 2.20. The van der Waals surface area contributed by atoms with Gasteiger partial charge in [-0.3, -0.25) is 14.6 Å². The molecule has 4 rings (SSSR count). The molecule has 1 saturated heterocycles. The number of carbonyl (C=O) groups excluding carboxylic acids is 1. The van der Waals surface area contributed by atoms with Gasteiger partial charge in [0.05, 0.1) is 22.8 Å². The summed E-state index contributed by atoms with van der Waals surface area (Å²) in [6.07, 6.45) is 0. The quantitative estimate of drug-likeness (QED) is 0.611. The number of benzene rings is 2. The highest BCUT2D eigenvalue weighted by molar-refractivity contribution is 7.13. The Labute approximate surface area is 190 Å². The number of piperazine rings is 1. The number of carbonyl (C=O) groups is 1. The number of amides is 1. The van der Waals surface area contributed by atoms with Crippen molar-refractivity contribution < 1.29 is 4.79 Å². The van der Waals surface area contributed by atoms with Gasteiger partial charge in [0.2, 0.25) is 5.91 Å². The van der Waals surface area contributed by atoms with Crippen molar-refractivity contribution in [2.24, 2.45) is 0 Å². The van der Waals surface area contributed by atoms with Crippen LogP contribution in [0.1, 0.15) is 11.3 Å². The summed E-state index contributed by atoms with van der Waals surface area (Å²) in [6.45, 7) is 4.62. The predicted octanol–water partition coefficient (Wildman–Crippen LogP) is 4.09. The molecule has 1 aromatic heterocycles. The molecule has 158 valence electrons. The molecule has 0 unspecified atom stereocenters. The number of halogens is 1. The highest BCUT2D eigenvalue weighted by Crippen LogP contribution is 2.24. The van der Waals surface area contributed by atoms with Crippen LogP contribution in [0, 0.1) is 11.3 Å². The topological polar surface area (TPSA) is 72.3 Å². The fourth-order valence-corrected chi connectivity index (χ4v) is 4.55. The first-order valence-corrected chi connectivity index (χ1v) is 11.3. The second-order valence-electron chi connectivity index (χ2n) is 7.42. The minimum absolute atomic E-state index is 0.0822. The van der Waals surface area contributed by atoms with E-state index >= 15 is 0 Å². The number of hydrogen-bond donors (Lipinski definition) is 1. The van der Waals surface area contributed by atoms with E-state index in [-0.39, 0.29) is 5.91 Å². The fourth-order valence-electron chi connectivity index (χ4n) is 3.51. The molecule has 1 aliphatic heterocycles. The van der Waals surface area contributed by atoms with Crippen molar-refractivity contribution in [1.82, 2.24) is 14.8 Å². The standard InChI is InChI=1S/C23H22ClN5OS/c24-21-12-19(7-6-18(21)13-25)26-22(30)15-29-10-8-28(9-11-29)14-20-16-31-23(27-20)17-4-2-1-3-5-17/h1-7,12,16H,8-11,14-15H2,(H,26,30). The number of anilines is 1. The SMILES string of the molecule is N#Cc1ccc(NC(=O)CN2CCN(Cc3csc(-c4ccccc4)n3)CC2)cc1Cl. The lowest BCUT2D eigenvalue weighted by atomic mass is 10.2. The van der Waals surface area contributed by atoms with Gasteiger partial charge < -0.3 is 5.32 Å². The molecule has 0 spiro atoms. The minimum atomic E-state index is -0.0822. The molecule has 2 heterocycles. The molecular formula is C23H22ClN5OS. The first-order valence-electron chi connectivity index (χ1n) is 10.0. The van der Waals surface area contributed by atoms with E-state index in [0.29, 0.717) is 22.8 Å². The maximum absolute atomic E-state index is 12.4. The van der Waals surface area contributed by atoms with E-state index in [9.17, 15) is 4.79 Å². The van der Waals surface area contributed by atoms with Gasteiger partial charge in [0.1, 0.15) is 11.1 Å². The van der Waals surface area contributed by atoms with E-state index in [1.807, 2.05) is 24.3 Å². The summed E-state index contributed by atoms with van der Waals surface area (Å²) in [4.78, 5) is 21.7. The molecule has 6 nitrogen and oxygen atoms in total. The van der Waals surface area contributed by atoms with Crippen LogP contribution in [0.2, 0.25) is 5.02 Å². The highest BCUT2D eigenvalue weighted by atomic mass is 35.5. The van der Waals surface area contributed by atoms with Crippen molar-refractivity contribution in [2.75, 3.05) is 38.0 Å². The summed E-state index contributed by atoms with van der Waals surface area (Å²) in [5, 5.41) is 15.3. The van der Waals surface area contributed by atoms with Gasteiger partial charge in [-0.05, 0) is 18.2 Å². The van der Waals surface area contributed by atoms with Crippen LogP contribution in [0.15, 0.2) is 53.9 Å². The molecule has 1 fully saturated rings. The van der Waals surface area contributed by atoms with Gasteiger partial charge in [-0.15, -0.1) is 11.3 Å².